The first-order chi connectivity index (χ1) is 6.80. The van der Waals surface area contributed by atoms with E-state index in [-0.39, 0.29) is 0 Å². The maximum Gasteiger partial charge on any atom is 0.123 e. The smallest absolute Gasteiger partial charge is 0.123 e. The molecule has 0 aliphatic carbocycles. The number of ether oxygens (including phenoxy) is 2. The van der Waals surface area contributed by atoms with Gasteiger partial charge in [-0.15, -0.1) is 0 Å². The predicted octanol–water partition coefficient (Wildman–Crippen LogP) is 2.90. The van der Waals surface area contributed by atoms with Crippen molar-refractivity contribution in [2.24, 2.45) is 0 Å². The average molecular weight is 190 g/mol. The van der Waals surface area contributed by atoms with Crippen LogP contribution in [0.25, 0.3) is 6.08 Å². The van der Waals surface area contributed by atoms with Crippen molar-refractivity contribution in [3.63, 3.8) is 0 Å². The molecule has 0 unspecified atom stereocenters. The standard InChI is InChI=1S/C12H14O2/c1-4-5-6-10-7-11(13-2)9-12(8-10)14-3/h4-9H,1H2,2-3H3/b6-5+. The quantitative estimate of drug-likeness (QED) is 0.680. The van der Waals surface area contributed by atoms with Gasteiger partial charge in [-0.1, -0.05) is 24.8 Å². The second kappa shape index (κ2) is 5.12. The third-order valence-corrected chi connectivity index (χ3v) is 1.80. The van der Waals surface area contributed by atoms with E-state index in [9.17, 15) is 0 Å². The Hall–Kier alpha value is -1.70. The van der Waals surface area contributed by atoms with E-state index in [0.29, 0.717) is 0 Å². The number of allylic oxidation sites excluding steroid dienone is 2. The van der Waals surface area contributed by atoms with E-state index >= 15 is 0 Å². The normalized spacial score (nSPS) is 10.1. The molecule has 0 radical (unpaired) electrons. The number of rotatable bonds is 4. The summed E-state index contributed by atoms with van der Waals surface area (Å²) < 4.78 is 10.3. The molecule has 1 aromatic rings. The van der Waals surface area contributed by atoms with Crippen LogP contribution in [0.15, 0.2) is 36.9 Å². The fourth-order valence-corrected chi connectivity index (χ4v) is 1.10. The summed E-state index contributed by atoms with van der Waals surface area (Å²) in [6, 6.07) is 5.70. The van der Waals surface area contributed by atoms with Crippen molar-refractivity contribution in [2.75, 3.05) is 14.2 Å². The zero-order valence-electron chi connectivity index (χ0n) is 8.49. The molecule has 14 heavy (non-hydrogen) atoms. The molecule has 1 rings (SSSR count). The Balaban J connectivity index is 3.03. The third kappa shape index (κ3) is 2.66. The Bertz CT molecular complexity index is 318. The number of hydrogen-bond acceptors (Lipinski definition) is 2. The lowest BCUT2D eigenvalue weighted by Crippen LogP contribution is -1.87. The van der Waals surface area contributed by atoms with E-state index in [4.69, 9.17) is 9.47 Å². The van der Waals surface area contributed by atoms with E-state index < -0.39 is 0 Å². The SMILES string of the molecule is C=C/C=C/c1cc(OC)cc(OC)c1. The highest BCUT2D eigenvalue weighted by Crippen LogP contribution is 2.23. The van der Waals surface area contributed by atoms with Gasteiger partial charge in [0.05, 0.1) is 14.2 Å². The van der Waals surface area contributed by atoms with Crippen molar-refractivity contribution in [3.8, 4) is 11.5 Å². The fraction of sp³-hybridized carbons (Fsp3) is 0.167. The van der Waals surface area contributed by atoms with Crippen LogP contribution < -0.4 is 9.47 Å². The lowest BCUT2D eigenvalue weighted by atomic mass is 10.2. The molecule has 0 aromatic heterocycles. The zero-order chi connectivity index (χ0) is 10.4. The molecule has 0 bridgehead atoms. The average Bonchev–Trinajstić information content (AvgIpc) is 2.25. The van der Waals surface area contributed by atoms with Gasteiger partial charge in [0.25, 0.3) is 0 Å². The van der Waals surface area contributed by atoms with Crippen LogP contribution in [0.2, 0.25) is 0 Å². The molecule has 0 aliphatic rings. The Morgan fingerprint density at radius 1 is 1.07 bits per heavy atom. The summed E-state index contributed by atoms with van der Waals surface area (Å²) in [6.45, 7) is 3.61. The number of hydrogen-bond donors (Lipinski definition) is 0. The minimum atomic E-state index is 0.785. The largest absolute Gasteiger partial charge is 0.497 e. The Labute approximate surface area is 84.5 Å². The number of benzene rings is 1. The van der Waals surface area contributed by atoms with Crippen LogP contribution in [0.3, 0.4) is 0 Å². The highest BCUT2D eigenvalue weighted by atomic mass is 16.5. The van der Waals surface area contributed by atoms with Gasteiger partial charge in [0, 0.05) is 6.07 Å². The highest BCUT2D eigenvalue weighted by molar-refractivity contribution is 5.56. The van der Waals surface area contributed by atoms with Crippen LogP contribution in [0.5, 0.6) is 11.5 Å². The molecule has 0 atom stereocenters. The number of methoxy groups -OCH3 is 2. The van der Waals surface area contributed by atoms with Crippen LogP contribution in [-0.4, -0.2) is 14.2 Å². The van der Waals surface area contributed by atoms with Gasteiger partial charge in [0.2, 0.25) is 0 Å². The van der Waals surface area contributed by atoms with Gasteiger partial charge in [-0.2, -0.15) is 0 Å². The molecule has 0 saturated heterocycles. The van der Waals surface area contributed by atoms with Gasteiger partial charge >= 0.3 is 0 Å². The van der Waals surface area contributed by atoms with Crippen LogP contribution in [-0.2, 0) is 0 Å². The zero-order valence-corrected chi connectivity index (χ0v) is 8.49. The van der Waals surface area contributed by atoms with Gasteiger partial charge in [-0.05, 0) is 17.7 Å². The Morgan fingerprint density at radius 3 is 2.07 bits per heavy atom. The van der Waals surface area contributed by atoms with Gasteiger partial charge in [-0.25, -0.2) is 0 Å². The van der Waals surface area contributed by atoms with Crippen LogP contribution in [0.4, 0.5) is 0 Å². The fourth-order valence-electron chi connectivity index (χ4n) is 1.10. The molecule has 0 N–H and O–H groups in total. The molecular formula is C12H14O2. The van der Waals surface area contributed by atoms with E-state index in [2.05, 4.69) is 6.58 Å². The molecular weight excluding hydrogens is 176 g/mol. The lowest BCUT2D eigenvalue weighted by Gasteiger charge is -2.05. The summed E-state index contributed by atoms with van der Waals surface area (Å²) in [7, 11) is 3.27. The third-order valence-electron chi connectivity index (χ3n) is 1.80. The van der Waals surface area contributed by atoms with Crippen molar-refractivity contribution in [1.29, 1.82) is 0 Å². The molecule has 1 aromatic carbocycles. The summed E-state index contributed by atoms with van der Waals surface area (Å²) in [4.78, 5) is 0. The maximum atomic E-state index is 5.14. The van der Waals surface area contributed by atoms with Crippen molar-refractivity contribution < 1.29 is 9.47 Å². The monoisotopic (exact) mass is 190 g/mol. The molecule has 0 amide bonds. The van der Waals surface area contributed by atoms with Gasteiger partial charge in [0.15, 0.2) is 0 Å². The minimum Gasteiger partial charge on any atom is -0.497 e. The summed E-state index contributed by atoms with van der Waals surface area (Å²) in [5.41, 5.74) is 1.03. The summed E-state index contributed by atoms with van der Waals surface area (Å²) in [5, 5.41) is 0. The molecule has 0 spiro atoms. The van der Waals surface area contributed by atoms with Crippen LogP contribution in [0.1, 0.15) is 5.56 Å². The summed E-state index contributed by atoms with van der Waals surface area (Å²) >= 11 is 0. The van der Waals surface area contributed by atoms with E-state index in [1.807, 2.05) is 30.4 Å². The molecule has 74 valence electrons. The first-order valence-corrected chi connectivity index (χ1v) is 4.32. The van der Waals surface area contributed by atoms with Gasteiger partial charge in [-0.3, -0.25) is 0 Å². The second-order valence-electron chi connectivity index (χ2n) is 2.74. The highest BCUT2D eigenvalue weighted by Gasteiger charge is 1.98. The molecule has 2 nitrogen and oxygen atoms in total. The minimum absolute atomic E-state index is 0.785. The topological polar surface area (TPSA) is 18.5 Å². The van der Waals surface area contributed by atoms with Crippen molar-refractivity contribution in [2.45, 2.75) is 0 Å². The van der Waals surface area contributed by atoms with Crippen molar-refractivity contribution in [3.05, 3.63) is 42.5 Å². The van der Waals surface area contributed by atoms with E-state index in [0.717, 1.165) is 17.1 Å². The predicted molar refractivity (Wildman–Crippen MR) is 58.8 cm³/mol. The van der Waals surface area contributed by atoms with Crippen molar-refractivity contribution in [1.82, 2.24) is 0 Å². The van der Waals surface area contributed by atoms with E-state index in [1.165, 1.54) is 0 Å². The lowest BCUT2D eigenvalue weighted by molar-refractivity contribution is 0.394. The molecule has 0 fully saturated rings. The van der Waals surface area contributed by atoms with Crippen LogP contribution >= 0.6 is 0 Å². The first kappa shape index (κ1) is 10.4. The second-order valence-corrected chi connectivity index (χ2v) is 2.74. The summed E-state index contributed by atoms with van der Waals surface area (Å²) in [5.74, 6) is 1.57. The van der Waals surface area contributed by atoms with Crippen molar-refractivity contribution >= 4 is 6.08 Å². The van der Waals surface area contributed by atoms with E-state index in [1.54, 1.807) is 20.3 Å². The van der Waals surface area contributed by atoms with Crippen LogP contribution in [0, 0.1) is 0 Å². The Morgan fingerprint density at radius 2 is 1.64 bits per heavy atom. The maximum absolute atomic E-state index is 5.14. The molecule has 0 heterocycles. The first-order valence-electron chi connectivity index (χ1n) is 4.32. The van der Waals surface area contributed by atoms with Gasteiger partial charge < -0.3 is 9.47 Å². The summed E-state index contributed by atoms with van der Waals surface area (Å²) in [6.07, 6.45) is 5.54. The molecule has 0 aliphatic heterocycles. The molecule has 2 heteroatoms. The Kier molecular flexibility index (Phi) is 3.80. The van der Waals surface area contributed by atoms with Gasteiger partial charge in [0.1, 0.15) is 11.5 Å². The molecule has 0 saturated carbocycles.